The maximum atomic E-state index is 15.9. The number of benzene rings is 4. The summed E-state index contributed by atoms with van der Waals surface area (Å²) >= 11 is 0. The van der Waals surface area contributed by atoms with Gasteiger partial charge < -0.3 is 9.97 Å². The zero-order chi connectivity index (χ0) is 43.7. The molecule has 8 bridgehead atoms. The van der Waals surface area contributed by atoms with Crippen molar-refractivity contribution in [3.63, 3.8) is 0 Å². The van der Waals surface area contributed by atoms with E-state index in [9.17, 15) is 26.3 Å². The summed E-state index contributed by atoms with van der Waals surface area (Å²) in [5.41, 5.74) is -2.16. The monoisotopic (exact) mass is 842 g/mol. The van der Waals surface area contributed by atoms with E-state index in [1.807, 2.05) is 0 Å². The molecule has 0 fully saturated rings. The molecule has 0 saturated carbocycles. The van der Waals surface area contributed by atoms with Crippen LogP contribution in [0.4, 0.5) is 43.9 Å². The summed E-state index contributed by atoms with van der Waals surface area (Å²) in [5.74, 6) is -17.2. The highest BCUT2D eigenvalue weighted by atomic mass is 19.2. The minimum Gasteiger partial charge on any atom is -0.354 e. The van der Waals surface area contributed by atoms with E-state index in [0.717, 1.165) is 0 Å². The SMILES string of the molecule is C#Cc1ccc(-c2c3nc(c(-c4c(F)c(F)c(F)c(F)c4F)c4ccc([nH]4)c(-c4ccc(C#C)cc4)c4nc(c(-c5c(F)c(F)c(F)c(F)c5F)c5ccc2[nH]5)C=C4)C=C3)cc1. The van der Waals surface area contributed by atoms with Gasteiger partial charge in [-0.2, -0.15) is 0 Å². The molecule has 0 unspecified atom stereocenters. The molecule has 0 atom stereocenters. The van der Waals surface area contributed by atoms with Gasteiger partial charge >= 0.3 is 0 Å². The predicted octanol–water partition coefficient (Wildman–Crippen LogP) is 12.7. The van der Waals surface area contributed by atoms with Crippen LogP contribution in [0.25, 0.3) is 90.9 Å². The van der Waals surface area contributed by atoms with Gasteiger partial charge in [0.15, 0.2) is 46.5 Å². The molecular weight excluding hydrogens is 823 g/mol. The van der Waals surface area contributed by atoms with Crippen LogP contribution in [0.15, 0.2) is 72.8 Å². The third-order valence-electron chi connectivity index (χ3n) is 10.4. The van der Waals surface area contributed by atoms with Crippen molar-refractivity contribution in [1.82, 2.24) is 19.9 Å². The van der Waals surface area contributed by atoms with Crippen LogP contribution >= 0.6 is 0 Å². The number of nitrogens with zero attached hydrogens (tertiary/aromatic N) is 2. The molecule has 302 valence electrons. The topological polar surface area (TPSA) is 57.4 Å². The van der Waals surface area contributed by atoms with Crippen molar-refractivity contribution in [2.45, 2.75) is 0 Å². The van der Waals surface area contributed by atoms with Gasteiger partial charge in [0.1, 0.15) is 0 Å². The quantitative estimate of drug-likeness (QED) is 0.0803. The average molecular weight is 843 g/mol. The van der Waals surface area contributed by atoms with Gasteiger partial charge in [-0.15, -0.1) is 12.8 Å². The Hall–Kier alpha value is -8.10. The van der Waals surface area contributed by atoms with Gasteiger partial charge in [-0.3, -0.25) is 0 Å². The van der Waals surface area contributed by atoms with Gasteiger partial charge in [0.25, 0.3) is 0 Å². The number of H-pyrrole nitrogens is 2. The summed E-state index contributed by atoms with van der Waals surface area (Å²) in [6, 6.07) is 18.0. The molecular formula is C48H20F10N4. The standard InChI is InChI=1S/C48H20F10N4/c1-3-21-5-9-23(10-6-21)33-25-13-17-29(59-25)35(37-39(49)43(53)47(57)44(54)40(37)50)31-19-15-27(61-31)34(24-11-7-22(4-2)8-12-24)28-16-20-32(62-28)36(30-18-14-26(33)60-30)38-41(51)45(55)48(58)46(56)42(38)52/h1-2,5-20,59,62H. The number of fused-ring (bicyclic) bond motifs is 8. The molecule has 62 heavy (non-hydrogen) atoms. The van der Waals surface area contributed by atoms with Gasteiger partial charge in [0.2, 0.25) is 11.6 Å². The molecule has 14 heteroatoms. The van der Waals surface area contributed by atoms with Crippen molar-refractivity contribution in [3.8, 4) is 69.2 Å². The van der Waals surface area contributed by atoms with Crippen molar-refractivity contribution in [2.75, 3.05) is 0 Å². The first-order chi connectivity index (χ1) is 29.8. The summed E-state index contributed by atoms with van der Waals surface area (Å²) in [5, 5.41) is 0. The van der Waals surface area contributed by atoms with E-state index in [1.54, 1.807) is 48.5 Å². The van der Waals surface area contributed by atoms with E-state index in [0.29, 0.717) is 22.3 Å². The van der Waals surface area contributed by atoms with Crippen LogP contribution in [-0.4, -0.2) is 19.9 Å². The fourth-order valence-corrected chi connectivity index (χ4v) is 7.45. The lowest BCUT2D eigenvalue weighted by molar-refractivity contribution is 0.381. The van der Waals surface area contributed by atoms with E-state index in [-0.39, 0.29) is 56.0 Å². The van der Waals surface area contributed by atoms with E-state index < -0.39 is 80.4 Å². The second-order valence-corrected chi connectivity index (χ2v) is 13.8. The molecule has 3 aromatic heterocycles. The Morgan fingerprint density at radius 3 is 0.871 bits per heavy atom. The zero-order valence-electron chi connectivity index (χ0n) is 31.1. The normalized spacial score (nSPS) is 11.9. The molecule has 2 aliphatic heterocycles. The van der Waals surface area contributed by atoms with Crippen LogP contribution in [0.1, 0.15) is 33.9 Å². The lowest BCUT2D eigenvalue weighted by atomic mass is 10.0. The van der Waals surface area contributed by atoms with Crippen molar-refractivity contribution in [3.05, 3.63) is 165 Å². The summed E-state index contributed by atoms with van der Waals surface area (Å²) in [4.78, 5) is 15.3. The zero-order valence-corrected chi connectivity index (χ0v) is 31.1. The highest BCUT2D eigenvalue weighted by Crippen LogP contribution is 2.42. The van der Waals surface area contributed by atoms with Crippen molar-refractivity contribution < 1.29 is 43.9 Å². The first-order valence-corrected chi connectivity index (χ1v) is 18.1. The third-order valence-corrected chi connectivity index (χ3v) is 10.4. The highest BCUT2D eigenvalue weighted by Gasteiger charge is 2.31. The molecule has 2 aliphatic rings. The Morgan fingerprint density at radius 1 is 0.323 bits per heavy atom. The van der Waals surface area contributed by atoms with Crippen molar-refractivity contribution in [1.29, 1.82) is 0 Å². The molecule has 4 nitrogen and oxygen atoms in total. The number of terminal acetylenes is 2. The van der Waals surface area contributed by atoms with E-state index >= 15 is 17.6 Å². The Morgan fingerprint density at radius 2 is 0.581 bits per heavy atom. The first-order valence-electron chi connectivity index (χ1n) is 18.1. The van der Waals surface area contributed by atoms with Crippen LogP contribution in [0.5, 0.6) is 0 Å². The minimum atomic E-state index is -2.37. The molecule has 4 aromatic carbocycles. The first kappa shape index (κ1) is 39.4. The van der Waals surface area contributed by atoms with Gasteiger partial charge in [0.05, 0.1) is 33.9 Å². The van der Waals surface area contributed by atoms with Crippen LogP contribution in [0, 0.1) is 82.9 Å². The van der Waals surface area contributed by atoms with Gasteiger partial charge in [0, 0.05) is 55.4 Å². The van der Waals surface area contributed by atoms with Crippen molar-refractivity contribution in [2.24, 2.45) is 0 Å². The lowest BCUT2D eigenvalue weighted by Crippen LogP contribution is -2.05. The third kappa shape index (κ3) is 6.15. The van der Waals surface area contributed by atoms with Crippen LogP contribution in [0.2, 0.25) is 0 Å². The molecule has 0 amide bonds. The number of rotatable bonds is 4. The Bertz CT molecular complexity index is 3130. The second-order valence-electron chi connectivity index (χ2n) is 13.8. The van der Waals surface area contributed by atoms with Gasteiger partial charge in [-0.1, -0.05) is 36.1 Å². The van der Waals surface area contributed by atoms with Crippen LogP contribution < -0.4 is 0 Å². The molecule has 5 heterocycles. The molecule has 0 radical (unpaired) electrons. The number of hydrogen-bond acceptors (Lipinski definition) is 2. The van der Waals surface area contributed by atoms with Gasteiger partial charge in [-0.05, 0) is 84.0 Å². The Kier molecular flexibility index (Phi) is 9.44. The maximum absolute atomic E-state index is 15.9. The molecule has 0 spiro atoms. The smallest absolute Gasteiger partial charge is 0.200 e. The number of aromatic amines is 2. The number of aromatic nitrogens is 4. The molecule has 0 saturated heterocycles. The molecule has 9 rings (SSSR count). The summed E-state index contributed by atoms with van der Waals surface area (Å²) in [6.45, 7) is 0. The minimum absolute atomic E-state index is 0.0365. The predicted molar refractivity (Wildman–Crippen MR) is 216 cm³/mol. The summed E-state index contributed by atoms with van der Waals surface area (Å²) in [7, 11) is 0. The fraction of sp³-hybridized carbons (Fsp3) is 0. The Balaban J connectivity index is 1.52. The van der Waals surface area contributed by atoms with Crippen LogP contribution in [0.3, 0.4) is 0 Å². The molecule has 7 aromatic rings. The summed E-state index contributed by atoms with van der Waals surface area (Å²) in [6.07, 6.45) is 16.5. The highest BCUT2D eigenvalue weighted by molar-refractivity contribution is 6.00. The number of halogens is 10. The van der Waals surface area contributed by atoms with Gasteiger partial charge in [-0.25, -0.2) is 53.9 Å². The lowest BCUT2D eigenvalue weighted by Gasteiger charge is -2.10. The number of hydrogen-bond donors (Lipinski definition) is 2. The Labute approximate surface area is 343 Å². The fourth-order valence-electron chi connectivity index (χ4n) is 7.45. The maximum Gasteiger partial charge on any atom is 0.200 e. The molecule has 2 N–H and O–H groups in total. The summed E-state index contributed by atoms with van der Waals surface area (Å²) < 4.78 is 152. The van der Waals surface area contributed by atoms with E-state index in [1.165, 1.54) is 48.6 Å². The second kappa shape index (κ2) is 14.9. The van der Waals surface area contributed by atoms with Crippen molar-refractivity contribution >= 4 is 46.4 Å². The largest absolute Gasteiger partial charge is 0.354 e. The van der Waals surface area contributed by atoms with Crippen LogP contribution in [-0.2, 0) is 0 Å². The van der Waals surface area contributed by atoms with E-state index in [2.05, 4.69) is 31.8 Å². The number of nitrogens with one attached hydrogen (secondary N) is 2. The molecule has 0 aliphatic carbocycles. The van der Waals surface area contributed by atoms with E-state index in [4.69, 9.17) is 12.8 Å². The average Bonchev–Trinajstić information content (AvgIpc) is 4.14.